The zero-order valence-corrected chi connectivity index (χ0v) is 8.77. The SMILES string of the molecule is Cc1noc([C@H]2CC[C@H]3NCC[C@H]3O2)n1. The highest BCUT2D eigenvalue weighted by Crippen LogP contribution is 2.33. The van der Waals surface area contributed by atoms with Crippen LogP contribution in [0.1, 0.15) is 37.1 Å². The quantitative estimate of drug-likeness (QED) is 0.746. The van der Waals surface area contributed by atoms with Gasteiger partial charge in [-0.3, -0.25) is 0 Å². The van der Waals surface area contributed by atoms with Gasteiger partial charge in [0.05, 0.1) is 6.10 Å². The normalized spacial score (nSPS) is 35.4. The number of hydrogen-bond acceptors (Lipinski definition) is 5. The number of nitrogens with zero attached hydrogens (tertiary/aromatic N) is 2. The van der Waals surface area contributed by atoms with E-state index in [9.17, 15) is 0 Å². The average Bonchev–Trinajstić information content (AvgIpc) is 2.84. The van der Waals surface area contributed by atoms with Crippen LogP contribution in [0.4, 0.5) is 0 Å². The molecule has 2 aliphatic heterocycles. The third kappa shape index (κ3) is 1.66. The maximum atomic E-state index is 5.95. The number of aryl methyl sites for hydroxylation is 1. The van der Waals surface area contributed by atoms with Crippen molar-refractivity contribution < 1.29 is 9.26 Å². The van der Waals surface area contributed by atoms with Crippen molar-refractivity contribution in [3.63, 3.8) is 0 Å². The van der Waals surface area contributed by atoms with Crippen molar-refractivity contribution in [1.82, 2.24) is 15.5 Å². The first-order valence-electron chi connectivity index (χ1n) is 5.52. The number of fused-ring (bicyclic) bond motifs is 1. The third-order valence-electron chi connectivity index (χ3n) is 3.18. The standard InChI is InChI=1S/C10H15N3O2/c1-6-12-10(15-13-6)9-3-2-7-8(14-9)4-5-11-7/h7-9,11H,2-5H2,1H3/t7-,8-,9-/m1/s1. The van der Waals surface area contributed by atoms with Crippen LogP contribution in [-0.4, -0.2) is 28.8 Å². The van der Waals surface area contributed by atoms with E-state index >= 15 is 0 Å². The molecule has 2 saturated heterocycles. The Kier molecular flexibility index (Phi) is 2.21. The van der Waals surface area contributed by atoms with Crippen LogP contribution >= 0.6 is 0 Å². The minimum atomic E-state index is 0.00681. The largest absolute Gasteiger partial charge is 0.363 e. The summed E-state index contributed by atoms with van der Waals surface area (Å²) in [6, 6.07) is 0.533. The molecule has 5 nitrogen and oxygen atoms in total. The van der Waals surface area contributed by atoms with E-state index in [1.54, 1.807) is 0 Å². The van der Waals surface area contributed by atoms with E-state index < -0.39 is 0 Å². The van der Waals surface area contributed by atoms with Gasteiger partial charge >= 0.3 is 0 Å². The lowest BCUT2D eigenvalue weighted by molar-refractivity contribution is -0.0683. The highest BCUT2D eigenvalue weighted by molar-refractivity contribution is 4.96. The van der Waals surface area contributed by atoms with Crippen LogP contribution in [0.3, 0.4) is 0 Å². The van der Waals surface area contributed by atoms with E-state index in [0.29, 0.717) is 23.9 Å². The number of ether oxygens (including phenoxy) is 1. The number of nitrogens with one attached hydrogen (secondary N) is 1. The molecule has 3 atom stereocenters. The molecule has 1 aromatic heterocycles. The van der Waals surface area contributed by atoms with Gasteiger partial charge < -0.3 is 14.6 Å². The zero-order chi connectivity index (χ0) is 10.3. The Morgan fingerprint density at radius 1 is 1.33 bits per heavy atom. The molecule has 0 saturated carbocycles. The van der Waals surface area contributed by atoms with Gasteiger partial charge in [-0.25, -0.2) is 0 Å². The van der Waals surface area contributed by atoms with Gasteiger partial charge in [-0.15, -0.1) is 0 Å². The molecular formula is C10H15N3O2. The van der Waals surface area contributed by atoms with Gasteiger partial charge in [0.25, 0.3) is 5.89 Å². The summed E-state index contributed by atoms with van der Waals surface area (Å²) in [5.41, 5.74) is 0. The van der Waals surface area contributed by atoms with Gasteiger partial charge in [-0.1, -0.05) is 5.16 Å². The van der Waals surface area contributed by atoms with Gasteiger partial charge in [-0.05, 0) is 32.7 Å². The molecule has 3 rings (SSSR count). The second-order valence-corrected chi connectivity index (χ2v) is 4.27. The lowest BCUT2D eigenvalue weighted by Crippen LogP contribution is -2.37. The first kappa shape index (κ1) is 9.30. The van der Waals surface area contributed by atoms with E-state index in [-0.39, 0.29) is 6.10 Å². The molecule has 0 bridgehead atoms. The predicted octanol–water partition coefficient (Wildman–Crippen LogP) is 0.960. The summed E-state index contributed by atoms with van der Waals surface area (Å²) in [7, 11) is 0. The smallest absolute Gasteiger partial charge is 0.255 e. The number of aromatic nitrogens is 2. The molecule has 15 heavy (non-hydrogen) atoms. The highest BCUT2D eigenvalue weighted by Gasteiger charge is 2.36. The molecule has 0 unspecified atom stereocenters. The first-order valence-corrected chi connectivity index (χ1v) is 5.52. The van der Waals surface area contributed by atoms with Crippen molar-refractivity contribution in [3.05, 3.63) is 11.7 Å². The number of rotatable bonds is 1. The van der Waals surface area contributed by atoms with Crippen LogP contribution in [0.2, 0.25) is 0 Å². The van der Waals surface area contributed by atoms with Crippen LogP contribution in [0.25, 0.3) is 0 Å². The Labute approximate surface area is 88.2 Å². The summed E-state index contributed by atoms with van der Waals surface area (Å²) in [6.45, 7) is 2.89. The topological polar surface area (TPSA) is 60.2 Å². The fraction of sp³-hybridized carbons (Fsp3) is 0.800. The van der Waals surface area contributed by atoms with E-state index in [2.05, 4.69) is 15.5 Å². The van der Waals surface area contributed by atoms with Crippen LogP contribution in [0.15, 0.2) is 4.52 Å². The van der Waals surface area contributed by atoms with Crippen LogP contribution in [0.5, 0.6) is 0 Å². The molecule has 2 aliphatic rings. The van der Waals surface area contributed by atoms with Crippen molar-refractivity contribution in [3.8, 4) is 0 Å². The Hall–Kier alpha value is -0.940. The molecule has 0 amide bonds. The van der Waals surface area contributed by atoms with E-state index in [1.807, 2.05) is 6.92 Å². The highest BCUT2D eigenvalue weighted by atomic mass is 16.5. The molecule has 0 aromatic carbocycles. The zero-order valence-electron chi connectivity index (χ0n) is 8.77. The van der Waals surface area contributed by atoms with Gasteiger partial charge in [-0.2, -0.15) is 4.98 Å². The van der Waals surface area contributed by atoms with E-state index in [0.717, 1.165) is 25.8 Å². The lowest BCUT2D eigenvalue weighted by atomic mass is 10.00. The summed E-state index contributed by atoms with van der Waals surface area (Å²) in [4.78, 5) is 4.23. The minimum absolute atomic E-state index is 0.00681. The van der Waals surface area contributed by atoms with Crippen molar-refractivity contribution in [1.29, 1.82) is 0 Å². The van der Waals surface area contributed by atoms with Gasteiger partial charge in [0.1, 0.15) is 6.10 Å². The van der Waals surface area contributed by atoms with E-state index in [1.165, 1.54) is 0 Å². The van der Waals surface area contributed by atoms with Crippen molar-refractivity contribution in [2.24, 2.45) is 0 Å². The Bertz CT molecular complexity index is 352. The Morgan fingerprint density at radius 3 is 3.07 bits per heavy atom. The summed E-state index contributed by atoms with van der Waals surface area (Å²) < 4.78 is 11.1. The van der Waals surface area contributed by atoms with Gasteiger partial charge in [0, 0.05) is 6.04 Å². The van der Waals surface area contributed by atoms with Crippen molar-refractivity contribution >= 4 is 0 Å². The van der Waals surface area contributed by atoms with Crippen LogP contribution in [0, 0.1) is 6.92 Å². The minimum Gasteiger partial charge on any atom is -0.363 e. The first-order chi connectivity index (χ1) is 7.33. The molecule has 1 aromatic rings. The monoisotopic (exact) mass is 209 g/mol. The summed E-state index contributed by atoms with van der Waals surface area (Å²) in [6.07, 6.45) is 3.53. The third-order valence-corrected chi connectivity index (χ3v) is 3.18. The molecule has 0 aliphatic carbocycles. The fourth-order valence-corrected chi connectivity index (χ4v) is 2.43. The second kappa shape index (κ2) is 3.57. The Morgan fingerprint density at radius 2 is 2.27 bits per heavy atom. The van der Waals surface area contributed by atoms with Crippen LogP contribution in [-0.2, 0) is 4.74 Å². The summed E-state index contributed by atoms with van der Waals surface area (Å²) in [5.74, 6) is 1.32. The second-order valence-electron chi connectivity index (χ2n) is 4.27. The molecule has 2 fully saturated rings. The fourth-order valence-electron chi connectivity index (χ4n) is 2.43. The maximum absolute atomic E-state index is 5.95. The Balaban J connectivity index is 1.73. The van der Waals surface area contributed by atoms with Gasteiger partial charge in [0.2, 0.25) is 0 Å². The number of hydrogen-bond donors (Lipinski definition) is 1. The molecule has 82 valence electrons. The van der Waals surface area contributed by atoms with Gasteiger partial charge in [0.15, 0.2) is 5.82 Å². The molecule has 5 heteroatoms. The van der Waals surface area contributed by atoms with Crippen LogP contribution < -0.4 is 5.32 Å². The summed E-state index contributed by atoms with van der Waals surface area (Å²) in [5, 5.41) is 7.24. The van der Waals surface area contributed by atoms with Crippen molar-refractivity contribution in [2.75, 3.05) is 6.54 Å². The molecule has 3 heterocycles. The average molecular weight is 209 g/mol. The maximum Gasteiger partial charge on any atom is 0.255 e. The lowest BCUT2D eigenvalue weighted by Gasteiger charge is -2.30. The predicted molar refractivity (Wildman–Crippen MR) is 52.3 cm³/mol. The molecule has 0 radical (unpaired) electrons. The molecule has 1 N–H and O–H groups in total. The molecular weight excluding hydrogens is 194 g/mol. The van der Waals surface area contributed by atoms with Crippen molar-refractivity contribution in [2.45, 2.75) is 44.4 Å². The van der Waals surface area contributed by atoms with E-state index in [4.69, 9.17) is 9.26 Å². The molecule has 0 spiro atoms. The summed E-state index contributed by atoms with van der Waals surface area (Å²) >= 11 is 0.